The van der Waals surface area contributed by atoms with Crippen LogP contribution < -0.4 is 4.84 Å². The van der Waals surface area contributed by atoms with Gasteiger partial charge in [0.25, 0.3) is 5.91 Å². The maximum atomic E-state index is 11.0. The minimum Gasteiger partial charge on any atom is -0.345 e. The van der Waals surface area contributed by atoms with E-state index in [0.29, 0.717) is 6.42 Å². The van der Waals surface area contributed by atoms with E-state index in [0.717, 1.165) is 0 Å². The first-order chi connectivity index (χ1) is 5.16. The van der Waals surface area contributed by atoms with Crippen LogP contribution >= 0.6 is 11.8 Å². The monoisotopic (exact) mass is 181 g/mol. The molecule has 0 aromatic heterocycles. The first kappa shape index (κ1) is 10.7. The van der Waals surface area contributed by atoms with Crippen molar-refractivity contribution >= 4 is 17.7 Å². The third-order valence-electron chi connectivity index (χ3n) is 1.56. The Bertz CT molecular complexity index is 128. The van der Waals surface area contributed by atoms with Crippen molar-refractivity contribution in [3.8, 4) is 0 Å². The molecule has 1 amide bonds. The van der Waals surface area contributed by atoms with Crippen LogP contribution in [0.3, 0.4) is 0 Å². The van der Waals surface area contributed by atoms with Crippen molar-refractivity contribution in [3.63, 3.8) is 0 Å². The highest BCUT2D eigenvalue weighted by Crippen LogP contribution is 2.15. The number of nitrogens with one attached hydrogen (secondary N) is 1. The molecule has 0 aromatic rings. The Kier molecular flexibility index (Phi) is 4.40. The molecule has 0 atom stereocenters. The predicted molar refractivity (Wildman–Crippen MR) is 41.0 cm³/mol. The largest absolute Gasteiger partial charge is 0.345 e. The molecule has 0 unspecified atom stereocenters. The van der Waals surface area contributed by atoms with E-state index in [-0.39, 0.29) is 0 Å². The third kappa shape index (κ3) is 2.05. The summed E-state index contributed by atoms with van der Waals surface area (Å²) in [5.74, 6) is -1.74. The van der Waals surface area contributed by atoms with Crippen molar-refractivity contribution in [1.29, 1.82) is 0 Å². The summed E-state index contributed by atoms with van der Waals surface area (Å²) < 4.78 is 9.74. The van der Waals surface area contributed by atoms with Crippen LogP contribution in [0.4, 0.5) is 0 Å². The molecular weight excluding hydrogens is 170 g/mol. The Hall–Kier alpha value is -0.320. The van der Waals surface area contributed by atoms with Crippen LogP contribution in [-0.2, 0) is 14.3 Å². The van der Waals surface area contributed by atoms with E-state index in [1.54, 1.807) is 6.92 Å². The Morgan fingerprint density at radius 3 is 2.09 bits per heavy atom. The van der Waals surface area contributed by atoms with E-state index < -0.39 is 11.7 Å². The standard InChI is InChI=1S/C6H12ClNO3/c1-4-6(10-2,11-3)5(9)8-7/h4H2,1-3H3,(H,8,9). The molecule has 11 heavy (non-hydrogen) atoms. The second kappa shape index (κ2) is 4.54. The van der Waals surface area contributed by atoms with Crippen LogP contribution in [0.1, 0.15) is 13.3 Å². The van der Waals surface area contributed by atoms with Gasteiger partial charge in [-0.05, 0) is 0 Å². The summed E-state index contributed by atoms with van der Waals surface area (Å²) in [6.45, 7) is 1.76. The number of carbonyl (C=O) groups is 1. The van der Waals surface area contributed by atoms with Gasteiger partial charge >= 0.3 is 0 Å². The summed E-state index contributed by atoms with van der Waals surface area (Å²) in [5, 5.41) is 0. The fourth-order valence-corrected chi connectivity index (χ4v) is 0.934. The van der Waals surface area contributed by atoms with Crippen LogP contribution in [0, 0.1) is 0 Å². The zero-order valence-corrected chi connectivity index (χ0v) is 7.57. The average molecular weight is 182 g/mol. The summed E-state index contributed by atoms with van der Waals surface area (Å²) in [6, 6.07) is 0. The van der Waals surface area contributed by atoms with Crippen LogP contribution in [0.25, 0.3) is 0 Å². The van der Waals surface area contributed by atoms with E-state index >= 15 is 0 Å². The molecule has 0 rings (SSSR count). The van der Waals surface area contributed by atoms with E-state index in [9.17, 15) is 4.79 Å². The van der Waals surface area contributed by atoms with Crippen molar-refractivity contribution in [2.75, 3.05) is 14.2 Å². The van der Waals surface area contributed by atoms with Gasteiger partial charge in [0.2, 0.25) is 5.79 Å². The average Bonchev–Trinajstić information content (AvgIpc) is 2.08. The lowest BCUT2D eigenvalue weighted by molar-refractivity contribution is -0.208. The van der Waals surface area contributed by atoms with Crippen LogP contribution in [0.15, 0.2) is 0 Å². The fourth-order valence-electron chi connectivity index (χ4n) is 0.790. The molecule has 66 valence electrons. The predicted octanol–water partition coefficient (Wildman–Crippen LogP) is 0.655. The molecule has 0 fully saturated rings. The molecule has 5 heteroatoms. The van der Waals surface area contributed by atoms with Crippen molar-refractivity contribution in [1.82, 2.24) is 4.84 Å². The second-order valence-corrected chi connectivity index (χ2v) is 2.13. The Labute approximate surface area is 70.9 Å². The molecule has 0 heterocycles. The number of methoxy groups -OCH3 is 2. The Morgan fingerprint density at radius 2 is 2.00 bits per heavy atom. The summed E-state index contributed by atoms with van der Waals surface area (Å²) in [6.07, 6.45) is 0.401. The van der Waals surface area contributed by atoms with Gasteiger partial charge in [0.15, 0.2) is 0 Å². The fraction of sp³-hybridized carbons (Fsp3) is 0.833. The molecular formula is C6H12ClNO3. The summed E-state index contributed by atoms with van der Waals surface area (Å²) in [5.41, 5.74) is 0. The van der Waals surface area contributed by atoms with E-state index in [1.165, 1.54) is 14.2 Å². The maximum Gasteiger partial charge on any atom is 0.294 e. The molecule has 0 radical (unpaired) electrons. The van der Waals surface area contributed by atoms with Gasteiger partial charge in [0.1, 0.15) is 0 Å². The molecule has 0 aliphatic carbocycles. The normalized spacial score (nSPS) is 11.3. The number of hydrogen-bond acceptors (Lipinski definition) is 3. The van der Waals surface area contributed by atoms with Gasteiger partial charge in [0.05, 0.1) is 0 Å². The number of carbonyl (C=O) groups excluding carboxylic acids is 1. The van der Waals surface area contributed by atoms with Gasteiger partial charge < -0.3 is 9.47 Å². The topological polar surface area (TPSA) is 47.6 Å². The number of ether oxygens (including phenoxy) is 2. The zero-order valence-electron chi connectivity index (χ0n) is 6.81. The van der Waals surface area contributed by atoms with Gasteiger partial charge in [-0.3, -0.25) is 9.63 Å². The number of rotatable bonds is 4. The molecule has 0 saturated heterocycles. The minimum atomic E-state index is -1.25. The number of amides is 1. The minimum absolute atomic E-state index is 0.401. The Morgan fingerprint density at radius 1 is 1.55 bits per heavy atom. The lowest BCUT2D eigenvalue weighted by Gasteiger charge is -2.26. The maximum absolute atomic E-state index is 11.0. The first-order valence-corrected chi connectivity index (χ1v) is 3.56. The third-order valence-corrected chi connectivity index (χ3v) is 1.73. The van der Waals surface area contributed by atoms with E-state index in [1.807, 2.05) is 4.84 Å². The molecule has 0 bridgehead atoms. The van der Waals surface area contributed by atoms with Crippen molar-refractivity contribution in [3.05, 3.63) is 0 Å². The molecule has 1 N–H and O–H groups in total. The van der Waals surface area contributed by atoms with E-state index in [2.05, 4.69) is 0 Å². The molecule has 0 saturated carbocycles. The van der Waals surface area contributed by atoms with Crippen molar-refractivity contribution in [2.45, 2.75) is 19.1 Å². The lowest BCUT2D eigenvalue weighted by atomic mass is 10.2. The number of halogens is 1. The van der Waals surface area contributed by atoms with Crippen LogP contribution in [0.2, 0.25) is 0 Å². The van der Waals surface area contributed by atoms with Gasteiger partial charge in [-0.15, -0.1) is 0 Å². The van der Waals surface area contributed by atoms with E-state index in [4.69, 9.17) is 21.3 Å². The van der Waals surface area contributed by atoms with Crippen molar-refractivity contribution < 1.29 is 14.3 Å². The summed E-state index contributed by atoms with van der Waals surface area (Å²) >= 11 is 5.11. The van der Waals surface area contributed by atoms with Crippen molar-refractivity contribution in [2.24, 2.45) is 0 Å². The van der Waals surface area contributed by atoms with Gasteiger partial charge in [-0.1, -0.05) is 6.92 Å². The smallest absolute Gasteiger partial charge is 0.294 e. The summed E-state index contributed by atoms with van der Waals surface area (Å²) in [7, 11) is 2.78. The molecule has 0 spiro atoms. The van der Waals surface area contributed by atoms with Crippen LogP contribution in [0.5, 0.6) is 0 Å². The molecule has 0 aromatic carbocycles. The Balaban J connectivity index is 4.39. The number of hydrogen-bond donors (Lipinski definition) is 1. The highest BCUT2D eigenvalue weighted by atomic mass is 35.5. The lowest BCUT2D eigenvalue weighted by Crippen LogP contribution is -2.46. The first-order valence-electron chi connectivity index (χ1n) is 3.18. The summed E-state index contributed by atoms with van der Waals surface area (Å²) in [4.78, 5) is 13.0. The quantitative estimate of drug-likeness (QED) is 0.512. The molecule has 0 aliphatic heterocycles. The van der Waals surface area contributed by atoms with Gasteiger partial charge in [0, 0.05) is 32.4 Å². The molecule has 0 aliphatic rings. The highest BCUT2D eigenvalue weighted by molar-refractivity contribution is 6.22. The SMILES string of the molecule is CCC(OC)(OC)C(=O)NCl. The van der Waals surface area contributed by atoms with Gasteiger partial charge in [-0.2, -0.15) is 0 Å². The second-order valence-electron chi connectivity index (χ2n) is 1.94. The zero-order chi connectivity index (χ0) is 8.91. The van der Waals surface area contributed by atoms with Gasteiger partial charge in [-0.25, -0.2) is 0 Å². The highest BCUT2D eigenvalue weighted by Gasteiger charge is 2.36. The van der Waals surface area contributed by atoms with Crippen LogP contribution in [-0.4, -0.2) is 25.9 Å². The molecule has 4 nitrogen and oxygen atoms in total.